The molecule has 0 saturated carbocycles. The highest BCUT2D eigenvalue weighted by Gasteiger charge is 2.35. The average Bonchev–Trinajstić information content (AvgIpc) is 2.39. The molecule has 2 aromatic carbocycles. The maximum absolute atomic E-state index is 13.0. The van der Waals surface area contributed by atoms with Gasteiger partial charge in [-0.05, 0) is 30.2 Å². The Hall–Kier alpha value is -2.17. The van der Waals surface area contributed by atoms with Crippen LogP contribution in [0.2, 0.25) is 0 Å². The van der Waals surface area contributed by atoms with Crippen LogP contribution in [0.4, 0.5) is 18.9 Å². The molecule has 0 aliphatic carbocycles. The fraction of sp³-hybridized carbons (Fsp3) is 0.200. The van der Waals surface area contributed by atoms with Crippen LogP contribution >= 0.6 is 0 Å². The lowest BCUT2D eigenvalue weighted by Gasteiger charge is -2.16. The van der Waals surface area contributed by atoms with Crippen molar-refractivity contribution >= 4 is 5.69 Å². The lowest BCUT2D eigenvalue weighted by atomic mass is 10.1. The molecule has 20 heavy (non-hydrogen) atoms. The zero-order valence-electron chi connectivity index (χ0n) is 10.9. The van der Waals surface area contributed by atoms with Crippen molar-refractivity contribution < 1.29 is 17.9 Å². The van der Waals surface area contributed by atoms with Gasteiger partial charge in [0.2, 0.25) is 0 Å². The maximum atomic E-state index is 13.0. The number of hydrogen-bond donors (Lipinski definition) is 1. The monoisotopic (exact) mass is 281 g/mol. The molecule has 0 unspecified atom stereocenters. The van der Waals surface area contributed by atoms with E-state index in [0.29, 0.717) is 5.56 Å². The lowest BCUT2D eigenvalue weighted by Crippen LogP contribution is -2.10. The van der Waals surface area contributed by atoms with E-state index in [1.807, 2.05) is 6.07 Å². The first kappa shape index (κ1) is 14.2. The van der Waals surface area contributed by atoms with E-state index in [-0.39, 0.29) is 18.0 Å². The van der Waals surface area contributed by atoms with Crippen LogP contribution in [0.5, 0.6) is 5.75 Å². The van der Waals surface area contributed by atoms with Crippen molar-refractivity contribution in [1.29, 1.82) is 0 Å². The van der Waals surface area contributed by atoms with Gasteiger partial charge in [-0.25, -0.2) is 0 Å². The Morgan fingerprint density at radius 2 is 1.75 bits per heavy atom. The number of halogens is 3. The molecule has 0 atom stereocenters. The summed E-state index contributed by atoms with van der Waals surface area (Å²) in [5, 5.41) is 0. The van der Waals surface area contributed by atoms with Gasteiger partial charge < -0.3 is 10.5 Å². The van der Waals surface area contributed by atoms with Gasteiger partial charge in [0.25, 0.3) is 0 Å². The fourth-order valence-corrected chi connectivity index (χ4v) is 1.77. The number of rotatable bonds is 3. The van der Waals surface area contributed by atoms with Crippen molar-refractivity contribution in [2.24, 2.45) is 0 Å². The van der Waals surface area contributed by atoms with Crippen LogP contribution in [0.15, 0.2) is 42.5 Å². The van der Waals surface area contributed by atoms with Crippen LogP contribution in [0, 0.1) is 6.92 Å². The highest BCUT2D eigenvalue weighted by atomic mass is 19.4. The molecule has 0 bridgehead atoms. The first-order chi connectivity index (χ1) is 9.38. The van der Waals surface area contributed by atoms with E-state index in [1.54, 1.807) is 31.2 Å². The highest BCUT2D eigenvalue weighted by molar-refractivity contribution is 5.55. The number of nitrogen functional groups attached to an aromatic ring is 1. The normalized spacial score (nSPS) is 11.4. The van der Waals surface area contributed by atoms with Crippen molar-refractivity contribution in [3.05, 3.63) is 59.2 Å². The molecule has 0 heterocycles. The summed E-state index contributed by atoms with van der Waals surface area (Å²) in [4.78, 5) is 0. The molecule has 2 nitrogen and oxygen atoms in total. The summed E-state index contributed by atoms with van der Waals surface area (Å²) in [6.07, 6.45) is -4.49. The van der Waals surface area contributed by atoms with E-state index in [4.69, 9.17) is 10.5 Å². The first-order valence-corrected chi connectivity index (χ1v) is 6.02. The van der Waals surface area contributed by atoms with Crippen molar-refractivity contribution in [2.45, 2.75) is 19.7 Å². The number of aryl methyl sites for hydroxylation is 1. The second-order valence-corrected chi connectivity index (χ2v) is 4.48. The van der Waals surface area contributed by atoms with E-state index >= 15 is 0 Å². The largest absolute Gasteiger partial charge is 0.488 e. The van der Waals surface area contributed by atoms with E-state index in [2.05, 4.69) is 0 Å². The number of ether oxygens (including phenoxy) is 1. The summed E-state index contributed by atoms with van der Waals surface area (Å²) in [6.45, 7) is 1.72. The molecule has 0 fully saturated rings. The van der Waals surface area contributed by atoms with Crippen molar-refractivity contribution in [2.75, 3.05) is 5.73 Å². The molecule has 2 aromatic rings. The van der Waals surface area contributed by atoms with Gasteiger partial charge in [-0.3, -0.25) is 0 Å². The second kappa shape index (κ2) is 5.45. The molecule has 0 aliphatic rings. The lowest BCUT2D eigenvalue weighted by molar-refractivity contribution is -0.139. The molecule has 106 valence electrons. The number of anilines is 1. The average molecular weight is 281 g/mol. The molecule has 0 amide bonds. The summed E-state index contributed by atoms with van der Waals surface area (Å²) in [5.74, 6) is -0.201. The summed E-state index contributed by atoms with van der Waals surface area (Å²) >= 11 is 0. The molecule has 0 radical (unpaired) electrons. The van der Waals surface area contributed by atoms with E-state index in [0.717, 1.165) is 11.6 Å². The van der Waals surface area contributed by atoms with Crippen LogP contribution in [-0.4, -0.2) is 0 Å². The molecule has 0 spiro atoms. The molecule has 2 N–H and O–H groups in total. The molecule has 0 saturated heterocycles. The third-order valence-electron chi connectivity index (χ3n) is 2.91. The molecule has 5 heteroatoms. The highest BCUT2D eigenvalue weighted by Crippen LogP contribution is 2.38. The summed E-state index contributed by atoms with van der Waals surface area (Å²) in [5.41, 5.74) is 6.15. The molecule has 0 aliphatic heterocycles. The van der Waals surface area contributed by atoms with Gasteiger partial charge >= 0.3 is 6.18 Å². The zero-order chi connectivity index (χ0) is 14.8. The third-order valence-corrected chi connectivity index (χ3v) is 2.91. The topological polar surface area (TPSA) is 35.2 Å². The summed E-state index contributed by atoms with van der Waals surface area (Å²) in [7, 11) is 0. The Morgan fingerprint density at radius 3 is 2.35 bits per heavy atom. The van der Waals surface area contributed by atoms with Crippen LogP contribution in [0.3, 0.4) is 0 Å². The van der Waals surface area contributed by atoms with Gasteiger partial charge in [0, 0.05) is 5.69 Å². The van der Waals surface area contributed by atoms with E-state index in [1.165, 1.54) is 6.07 Å². The number of hydrogen-bond acceptors (Lipinski definition) is 2. The Labute approximate surface area is 115 Å². The van der Waals surface area contributed by atoms with Gasteiger partial charge in [0.1, 0.15) is 12.4 Å². The number of benzene rings is 2. The van der Waals surface area contributed by atoms with Crippen LogP contribution < -0.4 is 10.5 Å². The quantitative estimate of drug-likeness (QED) is 0.857. The Kier molecular flexibility index (Phi) is 3.88. The molecule has 0 aromatic heterocycles. The predicted molar refractivity (Wildman–Crippen MR) is 71.4 cm³/mol. The minimum Gasteiger partial charge on any atom is -0.488 e. The SMILES string of the molecule is Cc1cc(OCc2ccccc2)c(C(F)(F)F)cc1N. The van der Waals surface area contributed by atoms with Crippen molar-refractivity contribution in [3.8, 4) is 5.75 Å². The molecule has 2 rings (SSSR count). The Bertz CT molecular complexity index is 594. The van der Waals surface area contributed by atoms with E-state index < -0.39 is 11.7 Å². The van der Waals surface area contributed by atoms with E-state index in [9.17, 15) is 13.2 Å². The van der Waals surface area contributed by atoms with Crippen LogP contribution in [-0.2, 0) is 12.8 Å². The zero-order valence-corrected chi connectivity index (χ0v) is 10.9. The van der Waals surface area contributed by atoms with Gasteiger partial charge in [-0.15, -0.1) is 0 Å². The summed E-state index contributed by atoms with van der Waals surface area (Å²) in [6, 6.07) is 11.2. The standard InChI is InChI=1S/C15H14F3NO/c1-10-7-14(12(8-13(10)19)15(16,17)18)20-9-11-5-3-2-4-6-11/h2-8H,9,19H2,1H3. The van der Waals surface area contributed by atoms with Gasteiger partial charge in [0.05, 0.1) is 5.56 Å². The van der Waals surface area contributed by atoms with Gasteiger partial charge in [-0.2, -0.15) is 13.2 Å². The first-order valence-electron chi connectivity index (χ1n) is 6.02. The third kappa shape index (κ3) is 3.23. The molecular formula is C15H14F3NO. The minimum atomic E-state index is -4.49. The Morgan fingerprint density at radius 1 is 1.10 bits per heavy atom. The van der Waals surface area contributed by atoms with Crippen LogP contribution in [0.25, 0.3) is 0 Å². The number of nitrogens with two attached hydrogens (primary N) is 1. The van der Waals surface area contributed by atoms with Crippen molar-refractivity contribution in [1.82, 2.24) is 0 Å². The smallest absolute Gasteiger partial charge is 0.420 e. The number of alkyl halides is 3. The maximum Gasteiger partial charge on any atom is 0.420 e. The fourth-order valence-electron chi connectivity index (χ4n) is 1.77. The van der Waals surface area contributed by atoms with Gasteiger partial charge in [-0.1, -0.05) is 30.3 Å². The van der Waals surface area contributed by atoms with Gasteiger partial charge in [0.15, 0.2) is 0 Å². The Balaban J connectivity index is 2.28. The van der Waals surface area contributed by atoms with Crippen molar-refractivity contribution in [3.63, 3.8) is 0 Å². The molecular weight excluding hydrogens is 267 g/mol. The second-order valence-electron chi connectivity index (χ2n) is 4.48. The minimum absolute atomic E-state index is 0.0767. The predicted octanol–water partition coefficient (Wildman–Crippen LogP) is 4.18. The van der Waals surface area contributed by atoms with Crippen LogP contribution in [0.1, 0.15) is 16.7 Å². The summed E-state index contributed by atoms with van der Waals surface area (Å²) < 4.78 is 44.2.